The van der Waals surface area contributed by atoms with Gasteiger partial charge < -0.3 is 10.1 Å². The monoisotopic (exact) mass is 295 g/mol. The van der Waals surface area contributed by atoms with Gasteiger partial charge in [0.05, 0.1) is 17.4 Å². The second-order valence-electron chi connectivity index (χ2n) is 4.78. The average Bonchev–Trinajstić information content (AvgIpc) is 2.44. The molecule has 0 aromatic carbocycles. The number of aromatic nitrogens is 2. The van der Waals surface area contributed by atoms with Crippen molar-refractivity contribution in [2.24, 2.45) is 0 Å². The Bertz CT molecular complexity index is 468. The van der Waals surface area contributed by atoms with Crippen LogP contribution in [0.1, 0.15) is 32.6 Å². The minimum Gasteiger partial charge on any atom is -0.460 e. The largest absolute Gasteiger partial charge is 0.460 e. The Morgan fingerprint density at radius 2 is 2.00 bits per heavy atom. The van der Waals surface area contributed by atoms with Crippen molar-refractivity contribution in [1.29, 1.82) is 0 Å². The van der Waals surface area contributed by atoms with Crippen LogP contribution in [0.5, 0.6) is 6.01 Å². The average molecular weight is 296 g/mol. The van der Waals surface area contributed by atoms with Crippen molar-refractivity contribution < 1.29 is 9.53 Å². The minimum absolute atomic E-state index is 0.0297. The molecule has 1 aliphatic rings. The molecule has 6 heteroatoms. The van der Waals surface area contributed by atoms with Crippen LogP contribution >= 0.6 is 11.6 Å². The summed E-state index contributed by atoms with van der Waals surface area (Å²) in [4.78, 5) is 19.5. The normalized spacial score (nSPS) is 22.7. The number of ether oxygens (including phenoxy) is 1. The molecule has 1 aromatic rings. The summed E-state index contributed by atoms with van der Waals surface area (Å²) in [6, 6.07) is 0.584. The van der Waals surface area contributed by atoms with Crippen molar-refractivity contribution in [3.63, 3.8) is 0 Å². The zero-order valence-electron chi connectivity index (χ0n) is 11.4. The molecule has 2 rings (SSSR count). The molecule has 0 bridgehead atoms. The van der Waals surface area contributed by atoms with E-state index in [9.17, 15) is 4.79 Å². The molecule has 1 amide bonds. The molecule has 0 spiro atoms. The van der Waals surface area contributed by atoms with Crippen molar-refractivity contribution in [3.8, 4) is 6.01 Å². The van der Waals surface area contributed by atoms with Gasteiger partial charge in [-0.2, -0.15) is 0 Å². The predicted molar refractivity (Wildman–Crippen MR) is 76.7 cm³/mol. The molecular weight excluding hydrogens is 278 g/mol. The number of halogens is 1. The summed E-state index contributed by atoms with van der Waals surface area (Å²) in [5.74, 6) is -0.0297. The van der Waals surface area contributed by atoms with Gasteiger partial charge in [-0.25, -0.2) is 9.97 Å². The first kappa shape index (κ1) is 14.8. The van der Waals surface area contributed by atoms with Gasteiger partial charge in [-0.1, -0.05) is 17.7 Å². The molecule has 1 aliphatic carbocycles. The van der Waals surface area contributed by atoms with Gasteiger partial charge in [0.25, 0.3) is 0 Å². The van der Waals surface area contributed by atoms with Crippen molar-refractivity contribution in [1.82, 2.24) is 15.3 Å². The van der Waals surface area contributed by atoms with Crippen molar-refractivity contribution in [2.45, 2.75) is 44.8 Å². The molecular formula is C14H18ClN3O2. The van der Waals surface area contributed by atoms with Gasteiger partial charge in [-0.15, -0.1) is 0 Å². The molecule has 108 valence electrons. The van der Waals surface area contributed by atoms with Crippen LogP contribution in [-0.4, -0.2) is 28.0 Å². The number of nitrogens with zero attached hydrogens (tertiary/aromatic N) is 2. The third-order valence-electron chi connectivity index (χ3n) is 3.21. The van der Waals surface area contributed by atoms with Gasteiger partial charge in [0.1, 0.15) is 6.10 Å². The number of nitrogens with one attached hydrogen (secondary N) is 1. The SMILES string of the molecule is C/C=C/C(=O)NC1CCC(Oc2ncc(Cl)cn2)CC1. The molecule has 1 heterocycles. The molecule has 1 fully saturated rings. The Hall–Kier alpha value is -1.62. The fourth-order valence-electron chi connectivity index (χ4n) is 2.24. The number of amides is 1. The maximum atomic E-state index is 11.5. The highest BCUT2D eigenvalue weighted by Crippen LogP contribution is 2.22. The number of hydrogen-bond donors (Lipinski definition) is 1. The standard InChI is InChI=1S/C14H18ClN3O2/c1-2-3-13(19)18-11-4-6-12(7-5-11)20-14-16-8-10(15)9-17-14/h2-3,8-9,11-12H,4-7H2,1H3,(H,18,19)/b3-2+. The van der Waals surface area contributed by atoms with Crippen molar-refractivity contribution in [3.05, 3.63) is 29.6 Å². The van der Waals surface area contributed by atoms with Crippen LogP contribution in [0.4, 0.5) is 0 Å². The van der Waals surface area contributed by atoms with E-state index < -0.39 is 0 Å². The highest BCUT2D eigenvalue weighted by atomic mass is 35.5. The lowest BCUT2D eigenvalue weighted by Crippen LogP contribution is -2.39. The molecule has 1 N–H and O–H groups in total. The van der Waals surface area contributed by atoms with E-state index in [1.165, 1.54) is 12.4 Å². The third-order valence-corrected chi connectivity index (χ3v) is 3.40. The topological polar surface area (TPSA) is 64.1 Å². The molecule has 20 heavy (non-hydrogen) atoms. The highest BCUT2D eigenvalue weighted by molar-refractivity contribution is 6.30. The smallest absolute Gasteiger partial charge is 0.316 e. The fourth-order valence-corrected chi connectivity index (χ4v) is 2.33. The molecule has 0 radical (unpaired) electrons. The Kier molecular flexibility index (Phi) is 5.35. The number of rotatable bonds is 4. The first-order valence-electron chi connectivity index (χ1n) is 6.74. The van der Waals surface area contributed by atoms with Gasteiger partial charge in [0.15, 0.2) is 0 Å². The highest BCUT2D eigenvalue weighted by Gasteiger charge is 2.23. The number of carbonyl (C=O) groups is 1. The van der Waals surface area contributed by atoms with E-state index in [0.717, 1.165) is 25.7 Å². The lowest BCUT2D eigenvalue weighted by molar-refractivity contribution is -0.117. The van der Waals surface area contributed by atoms with Gasteiger partial charge in [-0.3, -0.25) is 4.79 Å². The zero-order chi connectivity index (χ0) is 14.4. The van der Waals surface area contributed by atoms with Crippen LogP contribution in [0.3, 0.4) is 0 Å². The minimum atomic E-state index is -0.0297. The fraction of sp³-hybridized carbons (Fsp3) is 0.500. The van der Waals surface area contributed by atoms with Gasteiger partial charge in [-0.05, 0) is 38.7 Å². The predicted octanol–water partition coefficient (Wildman–Crippen LogP) is 2.51. The van der Waals surface area contributed by atoms with Crippen molar-refractivity contribution >= 4 is 17.5 Å². The second-order valence-corrected chi connectivity index (χ2v) is 5.22. The molecule has 0 unspecified atom stereocenters. The number of carbonyl (C=O) groups excluding carboxylic acids is 1. The summed E-state index contributed by atoms with van der Waals surface area (Å²) in [6.45, 7) is 1.83. The molecule has 0 aliphatic heterocycles. The number of hydrogen-bond acceptors (Lipinski definition) is 4. The van der Waals surface area contributed by atoms with E-state index in [1.807, 2.05) is 6.92 Å². The summed E-state index contributed by atoms with van der Waals surface area (Å²) in [6.07, 6.45) is 10.0. The van der Waals surface area contributed by atoms with Crippen LogP contribution in [0.2, 0.25) is 5.02 Å². The molecule has 0 atom stereocenters. The first-order chi connectivity index (χ1) is 9.67. The molecule has 1 aromatic heterocycles. The first-order valence-corrected chi connectivity index (χ1v) is 7.12. The summed E-state index contributed by atoms with van der Waals surface area (Å²) in [5.41, 5.74) is 0. The molecule has 0 saturated heterocycles. The Labute approximate surface area is 123 Å². The third kappa shape index (κ3) is 4.49. The zero-order valence-corrected chi connectivity index (χ0v) is 12.1. The Morgan fingerprint density at radius 3 is 2.60 bits per heavy atom. The van der Waals surface area contributed by atoms with E-state index in [4.69, 9.17) is 16.3 Å². The number of allylic oxidation sites excluding steroid dienone is 1. The molecule has 1 saturated carbocycles. The summed E-state index contributed by atoms with van der Waals surface area (Å²) >= 11 is 5.72. The maximum Gasteiger partial charge on any atom is 0.316 e. The molecule has 5 nitrogen and oxygen atoms in total. The van der Waals surface area contributed by atoms with Crippen molar-refractivity contribution in [2.75, 3.05) is 0 Å². The summed E-state index contributed by atoms with van der Waals surface area (Å²) < 4.78 is 5.70. The maximum absolute atomic E-state index is 11.5. The van der Waals surface area contributed by atoms with Gasteiger partial charge >= 0.3 is 6.01 Å². The van der Waals surface area contributed by atoms with E-state index in [1.54, 1.807) is 12.2 Å². The van der Waals surface area contributed by atoms with E-state index in [2.05, 4.69) is 15.3 Å². The Balaban J connectivity index is 1.76. The van der Waals surface area contributed by atoms with E-state index >= 15 is 0 Å². The van der Waals surface area contributed by atoms with Crippen LogP contribution in [0.15, 0.2) is 24.5 Å². The Morgan fingerprint density at radius 1 is 1.35 bits per heavy atom. The van der Waals surface area contributed by atoms with E-state index in [0.29, 0.717) is 11.0 Å². The van der Waals surface area contributed by atoms with Gasteiger partial charge in [0, 0.05) is 6.04 Å². The van der Waals surface area contributed by atoms with Crippen LogP contribution < -0.4 is 10.1 Å². The van der Waals surface area contributed by atoms with Gasteiger partial charge in [0.2, 0.25) is 5.91 Å². The van der Waals surface area contributed by atoms with Crippen LogP contribution in [0, 0.1) is 0 Å². The summed E-state index contributed by atoms with van der Waals surface area (Å²) in [5, 5.41) is 3.47. The lowest BCUT2D eigenvalue weighted by Gasteiger charge is -2.28. The van der Waals surface area contributed by atoms with Crippen LogP contribution in [-0.2, 0) is 4.79 Å². The lowest BCUT2D eigenvalue weighted by atomic mass is 9.93. The second kappa shape index (κ2) is 7.24. The quantitative estimate of drug-likeness (QED) is 0.867. The summed E-state index contributed by atoms with van der Waals surface area (Å²) in [7, 11) is 0. The van der Waals surface area contributed by atoms with Crippen LogP contribution in [0.25, 0.3) is 0 Å². The van der Waals surface area contributed by atoms with E-state index in [-0.39, 0.29) is 18.1 Å².